The maximum Gasteiger partial charge on any atom is 0.339 e. The number of carbonyl (C=O) groups is 2. The Kier molecular flexibility index (Phi) is 7.22. The molecule has 0 N–H and O–H groups in total. The minimum atomic E-state index is -4.36. The molecule has 1 heterocycles. The summed E-state index contributed by atoms with van der Waals surface area (Å²) in [6.07, 6.45) is 1.79. The Morgan fingerprint density at radius 2 is 1.30 bits per heavy atom. The van der Waals surface area contributed by atoms with E-state index in [-0.39, 0.29) is 61.5 Å². The van der Waals surface area contributed by atoms with Crippen LogP contribution in [0.4, 0.5) is 0 Å². The first-order valence-electron chi connectivity index (χ1n) is 12.9. The van der Waals surface area contributed by atoms with Gasteiger partial charge in [0.2, 0.25) is 0 Å². The lowest BCUT2D eigenvalue weighted by molar-refractivity contribution is -0.119. The summed E-state index contributed by atoms with van der Waals surface area (Å²) in [5.41, 5.74) is 2.25. The Morgan fingerprint density at radius 3 is 1.80 bits per heavy atom. The molecule has 6 nitrogen and oxygen atoms in total. The van der Waals surface area contributed by atoms with Gasteiger partial charge in [-0.25, -0.2) is 0 Å². The molecule has 0 spiro atoms. The topological polar surface area (TPSA) is 80.8 Å². The van der Waals surface area contributed by atoms with Crippen LogP contribution in [0.15, 0.2) is 63.8 Å². The molecule has 0 amide bonds. The van der Waals surface area contributed by atoms with Gasteiger partial charge in [-0.05, 0) is 60.1 Å². The van der Waals surface area contributed by atoms with Crippen molar-refractivity contribution in [3.63, 3.8) is 0 Å². The van der Waals surface area contributed by atoms with Gasteiger partial charge >= 0.3 is 10.1 Å². The van der Waals surface area contributed by atoms with E-state index in [1.165, 1.54) is 30.3 Å². The zero-order chi connectivity index (χ0) is 29.4. The summed E-state index contributed by atoms with van der Waals surface area (Å²) in [4.78, 5) is 29.6. The first-order chi connectivity index (χ1) is 18.5. The van der Waals surface area contributed by atoms with Gasteiger partial charge in [-0.15, -0.1) is 0 Å². The van der Waals surface area contributed by atoms with E-state index in [9.17, 15) is 18.0 Å². The molecule has 0 radical (unpaired) electrons. The molecule has 212 valence electrons. The number of ketones is 2. The maximum atomic E-state index is 13.8. The predicted molar refractivity (Wildman–Crippen MR) is 156 cm³/mol. The van der Waals surface area contributed by atoms with Crippen molar-refractivity contribution in [3.8, 4) is 5.75 Å². The zero-order valence-electron chi connectivity index (χ0n) is 22.9. The van der Waals surface area contributed by atoms with E-state index in [1.54, 1.807) is 6.07 Å². The number of Topliss-reactive ketones (excluding diaryl/α,β-unsaturated/α-hetero) is 2. The van der Waals surface area contributed by atoms with Crippen LogP contribution in [-0.4, -0.2) is 31.9 Å². The van der Waals surface area contributed by atoms with Crippen LogP contribution in [-0.2, 0) is 19.7 Å². The lowest BCUT2D eigenvalue weighted by Crippen LogP contribution is -2.43. The van der Waals surface area contributed by atoms with Crippen molar-refractivity contribution in [1.82, 2.24) is 4.90 Å². The largest absolute Gasteiger partial charge is 0.377 e. The number of halogens is 3. The third kappa shape index (κ3) is 5.22. The first-order valence-corrected chi connectivity index (χ1v) is 15.5. The van der Waals surface area contributed by atoms with Crippen LogP contribution in [0.5, 0.6) is 5.75 Å². The average molecular weight is 623 g/mol. The maximum absolute atomic E-state index is 13.8. The molecule has 2 aliphatic carbocycles. The molecule has 40 heavy (non-hydrogen) atoms. The summed E-state index contributed by atoms with van der Waals surface area (Å²) in [7, 11) is -2.46. The van der Waals surface area contributed by atoms with Crippen molar-refractivity contribution in [1.29, 1.82) is 0 Å². The summed E-state index contributed by atoms with van der Waals surface area (Å²) in [6, 6.07) is 8.48. The molecule has 0 atom stereocenters. The zero-order valence-corrected chi connectivity index (χ0v) is 26.0. The molecule has 10 heteroatoms. The van der Waals surface area contributed by atoms with Crippen LogP contribution in [0.1, 0.15) is 64.9 Å². The fraction of sp³-hybridized carbons (Fsp3) is 0.400. The highest BCUT2D eigenvalue weighted by molar-refractivity contribution is 7.87. The first kappa shape index (κ1) is 29.2. The highest BCUT2D eigenvalue weighted by Crippen LogP contribution is 2.56. The van der Waals surface area contributed by atoms with E-state index in [1.807, 2.05) is 39.6 Å². The van der Waals surface area contributed by atoms with Gasteiger partial charge in [-0.3, -0.25) is 9.59 Å². The van der Waals surface area contributed by atoms with Gasteiger partial charge in [-0.2, -0.15) is 8.42 Å². The van der Waals surface area contributed by atoms with E-state index in [0.29, 0.717) is 29.0 Å². The second-order valence-electron chi connectivity index (χ2n) is 12.4. The van der Waals surface area contributed by atoms with Crippen molar-refractivity contribution in [2.45, 2.75) is 64.2 Å². The SMILES string of the molecule is CN1C2=C(C(=O)CC(C)(C)C2)C(c2cc(Cl)cc(Cl)c2OS(=O)(=O)c2ccc(Cl)cc2)C2=C1CC(C)(C)CC2=O. The summed E-state index contributed by atoms with van der Waals surface area (Å²) in [5.74, 6) is -1.24. The third-order valence-corrected chi connectivity index (χ3v) is 9.81. The minimum absolute atomic E-state index is 0.0459. The Balaban J connectivity index is 1.77. The number of nitrogens with zero attached hydrogens (tertiary/aromatic N) is 1. The fourth-order valence-electron chi connectivity index (χ4n) is 6.12. The lowest BCUT2D eigenvalue weighted by atomic mass is 9.63. The summed E-state index contributed by atoms with van der Waals surface area (Å²) < 4.78 is 32.5. The van der Waals surface area contributed by atoms with Crippen molar-refractivity contribution in [3.05, 3.63) is 79.6 Å². The van der Waals surface area contributed by atoms with E-state index in [2.05, 4.69) is 0 Å². The highest BCUT2D eigenvalue weighted by atomic mass is 35.5. The van der Waals surface area contributed by atoms with Crippen LogP contribution in [0.2, 0.25) is 15.1 Å². The summed E-state index contributed by atoms with van der Waals surface area (Å²) in [6.45, 7) is 8.17. The van der Waals surface area contributed by atoms with Gasteiger partial charge in [0, 0.05) is 64.0 Å². The van der Waals surface area contributed by atoms with E-state index in [0.717, 1.165) is 11.4 Å². The molecule has 1 aliphatic heterocycles. The molecule has 0 unspecified atom stereocenters. The van der Waals surface area contributed by atoms with E-state index >= 15 is 0 Å². The number of benzene rings is 2. The van der Waals surface area contributed by atoms with Gasteiger partial charge in [0.05, 0.1) is 5.02 Å². The molecule has 0 aromatic heterocycles. The minimum Gasteiger partial charge on any atom is -0.377 e. The van der Waals surface area contributed by atoms with Crippen molar-refractivity contribution >= 4 is 56.5 Å². The van der Waals surface area contributed by atoms with Crippen molar-refractivity contribution in [2.75, 3.05) is 7.05 Å². The van der Waals surface area contributed by atoms with Crippen molar-refractivity contribution < 1.29 is 22.2 Å². The van der Waals surface area contributed by atoms with Crippen LogP contribution in [0.3, 0.4) is 0 Å². The highest BCUT2D eigenvalue weighted by Gasteiger charge is 2.49. The molecule has 0 bridgehead atoms. The fourth-order valence-corrected chi connectivity index (χ4v) is 7.81. The molecule has 0 saturated carbocycles. The average Bonchev–Trinajstić information content (AvgIpc) is 2.81. The number of hydrogen-bond donors (Lipinski definition) is 0. The molecular formula is C30H30Cl3NO5S. The molecule has 0 saturated heterocycles. The Labute approximate surface area is 250 Å². The van der Waals surface area contributed by atoms with E-state index in [4.69, 9.17) is 39.0 Å². The van der Waals surface area contributed by atoms with Crippen LogP contribution < -0.4 is 4.18 Å². The van der Waals surface area contributed by atoms with Crippen LogP contribution >= 0.6 is 34.8 Å². The Hall–Kier alpha value is -2.32. The quantitative estimate of drug-likeness (QED) is 0.325. The third-order valence-electron chi connectivity index (χ3n) is 7.82. The van der Waals surface area contributed by atoms with Crippen LogP contribution in [0, 0.1) is 10.8 Å². The molecule has 5 rings (SSSR count). The number of carbonyl (C=O) groups excluding carboxylic acids is 2. The Morgan fingerprint density at radius 1 is 0.800 bits per heavy atom. The van der Waals surface area contributed by atoms with Crippen molar-refractivity contribution in [2.24, 2.45) is 10.8 Å². The predicted octanol–water partition coefficient (Wildman–Crippen LogP) is 7.73. The van der Waals surface area contributed by atoms with Gasteiger partial charge in [0.1, 0.15) is 4.90 Å². The molecule has 3 aliphatic rings. The van der Waals surface area contributed by atoms with Gasteiger partial charge in [-0.1, -0.05) is 62.5 Å². The second-order valence-corrected chi connectivity index (χ2v) is 15.2. The molecule has 2 aromatic carbocycles. The standard InChI is InChI=1S/C30H30Cl3NO5S/c1-29(2)12-21-26(23(35)14-29)25(27-22(34(21)5)13-30(3,4)15-24(27)36)19-10-17(32)11-20(33)28(19)39-40(37,38)18-8-6-16(31)7-9-18/h6-11,25H,12-15H2,1-5H3. The monoisotopic (exact) mass is 621 g/mol. The number of rotatable bonds is 4. The smallest absolute Gasteiger partial charge is 0.339 e. The van der Waals surface area contributed by atoms with Gasteiger partial charge in [0.25, 0.3) is 0 Å². The van der Waals surface area contributed by atoms with Gasteiger partial charge in [0.15, 0.2) is 17.3 Å². The molecular weight excluding hydrogens is 593 g/mol. The van der Waals surface area contributed by atoms with Crippen LogP contribution in [0.25, 0.3) is 0 Å². The number of allylic oxidation sites excluding steroid dienone is 4. The number of hydrogen-bond acceptors (Lipinski definition) is 6. The molecule has 2 aromatic rings. The second kappa shape index (κ2) is 9.90. The van der Waals surface area contributed by atoms with E-state index < -0.39 is 16.0 Å². The normalized spacial score (nSPS) is 20.9. The summed E-state index contributed by atoms with van der Waals surface area (Å²) in [5, 5.41) is 0.550. The van der Waals surface area contributed by atoms with Gasteiger partial charge < -0.3 is 9.08 Å². The Bertz CT molecular complexity index is 1570. The summed E-state index contributed by atoms with van der Waals surface area (Å²) >= 11 is 19.0. The lowest BCUT2D eigenvalue weighted by Gasteiger charge is -2.48. The molecule has 0 fully saturated rings.